The topological polar surface area (TPSA) is 97.5 Å². The first-order chi connectivity index (χ1) is 39.1. The molecule has 3 aliphatic heterocycles. The number of halogens is 4. The van der Waals surface area contributed by atoms with Gasteiger partial charge in [-0.1, -0.05) is 124 Å². The molecule has 6 rings (SSSR count). The lowest BCUT2D eigenvalue weighted by Gasteiger charge is -2.55. The Labute approximate surface area is 502 Å². The fourth-order valence-electron chi connectivity index (χ4n) is 14.2. The van der Waals surface area contributed by atoms with E-state index in [-0.39, 0.29) is 16.6 Å². The van der Waals surface area contributed by atoms with Crippen molar-refractivity contribution in [2.75, 3.05) is 59.9 Å². The summed E-state index contributed by atoms with van der Waals surface area (Å²) in [6.07, 6.45) is 27.1. The molecule has 4 fully saturated rings. The van der Waals surface area contributed by atoms with Crippen molar-refractivity contribution in [3.05, 3.63) is 82.3 Å². The van der Waals surface area contributed by atoms with E-state index in [0.717, 1.165) is 95.1 Å². The van der Waals surface area contributed by atoms with E-state index < -0.39 is 11.7 Å². The van der Waals surface area contributed by atoms with Crippen LogP contribution in [0, 0.1) is 29.6 Å². The molecule has 15 heteroatoms. The van der Waals surface area contributed by atoms with E-state index in [2.05, 4.69) is 160 Å². The summed E-state index contributed by atoms with van der Waals surface area (Å²) in [6, 6.07) is 7.00. The summed E-state index contributed by atoms with van der Waals surface area (Å²) in [5.41, 5.74) is 3.60. The van der Waals surface area contributed by atoms with Crippen LogP contribution in [-0.2, 0) is 12.6 Å². The van der Waals surface area contributed by atoms with E-state index in [4.69, 9.17) is 16.6 Å². The number of aliphatic imine (C=N–C) groups is 1. The van der Waals surface area contributed by atoms with Crippen LogP contribution >= 0.6 is 11.6 Å². The zero-order valence-electron chi connectivity index (χ0n) is 53.4. The maximum absolute atomic E-state index is 13.6. The molecule has 0 bridgehead atoms. The lowest BCUT2D eigenvalue weighted by atomic mass is 9.81. The van der Waals surface area contributed by atoms with Crippen LogP contribution < -0.4 is 31.9 Å². The molecule has 5 aliphatic rings. The Morgan fingerprint density at radius 2 is 1.57 bits per heavy atom. The second kappa shape index (κ2) is 33.1. The van der Waals surface area contributed by atoms with Gasteiger partial charge >= 0.3 is 6.18 Å². The lowest BCUT2D eigenvalue weighted by Crippen LogP contribution is -2.70. The summed E-state index contributed by atoms with van der Waals surface area (Å²) in [6.45, 7) is 33.0. The Kier molecular flexibility index (Phi) is 27.5. The van der Waals surface area contributed by atoms with Crippen molar-refractivity contribution in [2.45, 2.75) is 245 Å². The van der Waals surface area contributed by atoms with E-state index in [9.17, 15) is 13.2 Å². The Morgan fingerprint density at radius 3 is 2.24 bits per heavy atom. The van der Waals surface area contributed by atoms with Crippen molar-refractivity contribution in [3.8, 4) is 0 Å². The molecule has 466 valence electrons. The van der Waals surface area contributed by atoms with E-state index in [1.807, 2.05) is 18.5 Å². The molecule has 11 atom stereocenters. The number of alkyl halides is 3. The fraction of sp³-hybridized carbons (Fsp3) is 0.776. The van der Waals surface area contributed by atoms with Crippen LogP contribution in [0.2, 0.25) is 5.02 Å². The SMILES string of the molecule is CC[C@H](C)[C@H]1C(C)NC2(CCCC2)CNCCN=CC=C(CCc2ccc(C(F)(F)F)c(Cl)c2)NC=CN(C)C=C(CC2CCCCC2)N(C)C=C2CCCN2[C@@H](C)C(C)N[C@@H]([C@@H](C)CC)CN[C@@H](CC(C)C)C(C)NCC2[C@H](C)CN21. The Morgan fingerprint density at radius 1 is 0.841 bits per heavy atom. The standard InChI is InChI=1S/C67H115ClF3N11/c1-14-48(5)63-41-76-62(38-47(3)4)52(9)75-42-64-50(7)43-82(64)65(49(6)15-2)53(10)78-66(30-19-20-31-66)46-73-34-33-72-32-29-57(27-25-56-26-28-60(61(68)40-56)67(69,70)71)74-35-37-79(12)44-59(39-55-22-17-16-18-23-55)80(13)45-58-24-21-36-81(58)54(11)51(8)77-63/h26,28-29,32,35,37,40,44-45,47-55,62-65,73-78H,14-25,27,30-31,33-34,36,38-39,41-43,46H2,1-13H3/t48-,49-,50+,51?,52?,53?,54-,62-,63+,64?,65-/m0/s1. The number of hydrogen-bond donors (Lipinski definition) is 6. The number of hydrogen-bond acceptors (Lipinski definition) is 11. The van der Waals surface area contributed by atoms with Gasteiger partial charge in [0.15, 0.2) is 0 Å². The van der Waals surface area contributed by atoms with E-state index >= 15 is 0 Å². The van der Waals surface area contributed by atoms with Crippen LogP contribution in [0.15, 0.2) is 71.2 Å². The third-order valence-corrected chi connectivity index (χ3v) is 20.1. The molecule has 0 aromatic heterocycles. The molecule has 3 heterocycles. The first kappa shape index (κ1) is 68.0. The highest BCUT2D eigenvalue weighted by atomic mass is 35.5. The molecule has 2 aliphatic carbocycles. The predicted octanol–water partition coefficient (Wildman–Crippen LogP) is 13.3. The fourth-order valence-corrected chi connectivity index (χ4v) is 14.5. The third-order valence-electron chi connectivity index (χ3n) is 19.8. The largest absolute Gasteiger partial charge is 0.417 e. The predicted molar refractivity (Wildman–Crippen MR) is 341 cm³/mol. The molecule has 2 saturated heterocycles. The van der Waals surface area contributed by atoms with Crippen molar-refractivity contribution in [3.63, 3.8) is 0 Å². The number of aryl methyl sites for hydroxylation is 1. The van der Waals surface area contributed by atoms with Crippen molar-refractivity contribution < 1.29 is 13.2 Å². The molecule has 4 unspecified atom stereocenters. The molecule has 1 aromatic rings. The number of nitrogens with zero attached hydrogens (tertiary/aromatic N) is 5. The number of fused-ring (bicyclic) bond motifs is 2. The average molecular weight is 1170 g/mol. The van der Waals surface area contributed by atoms with Gasteiger partial charge in [-0.2, -0.15) is 13.2 Å². The minimum absolute atomic E-state index is 0.0465. The maximum atomic E-state index is 13.6. The molecule has 1 spiro atoms. The summed E-state index contributed by atoms with van der Waals surface area (Å²) in [5.74, 6) is 2.97. The summed E-state index contributed by atoms with van der Waals surface area (Å²) < 4.78 is 40.9. The van der Waals surface area contributed by atoms with Crippen molar-refractivity contribution in [1.29, 1.82) is 0 Å². The number of allylic oxidation sites excluding steroid dienone is 4. The molecule has 0 amide bonds. The van der Waals surface area contributed by atoms with Gasteiger partial charge in [0.1, 0.15) is 0 Å². The van der Waals surface area contributed by atoms with Gasteiger partial charge in [0, 0.05) is 155 Å². The summed E-state index contributed by atoms with van der Waals surface area (Å²) in [4.78, 5) is 14.9. The Bertz CT molecular complexity index is 2200. The van der Waals surface area contributed by atoms with Crippen molar-refractivity contribution >= 4 is 17.8 Å². The molecule has 82 heavy (non-hydrogen) atoms. The number of rotatable bonds is 11. The van der Waals surface area contributed by atoms with Gasteiger partial charge in [0.25, 0.3) is 0 Å². The first-order valence-corrected chi connectivity index (χ1v) is 33.1. The highest BCUT2D eigenvalue weighted by Gasteiger charge is 2.46. The quantitative estimate of drug-likeness (QED) is 0.129. The maximum Gasteiger partial charge on any atom is 0.417 e. The van der Waals surface area contributed by atoms with Crippen LogP contribution in [-0.4, -0.2) is 140 Å². The molecule has 0 radical (unpaired) electrons. The molecular weight excluding hydrogens is 1050 g/mol. The monoisotopic (exact) mass is 1170 g/mol. The number of nitrogens with one attached hydrogen (secondary N) is 6. The molecular formula is C67H115ClF3N11. The Balaban J connectivity index is 1.29. The van der Waals surface area contributed by atoms with E-state index in [0.29, 0.717) is 91.3 Å². The highest BCUT2D eigenvalue weighted by molar-refractivity contribution is 6.31. The summed E-state index contributed by atoms with van der Waals surface area (Å²) in [7, 11) is 4.33. The van der Waals surface area contributed by atoms with Crippen LogP contribution in [0.4, 0.5) is 13.2 Å². The summed E-state index contributed by atoms with van der Waals surface area (Å²) in [5, 5.41) is 24.0. The molecule has 6 N–H and O–H groups in total. The Hall–Kier alpha value is -3.11. The van der Waals surface area contributed by atoms with Crippen LogP contribution in [0.1, 0.15) is 190 Å². The minimum atomic E-state index is -4.50. The van der Waals surface area contributed by atoms with Crippen LogP contribution in [0.3, 0.4) is 0 Å². The van der Waals surface area contributed by atoms with E-state index in [1.165, 1.54) is 81.3 Å². The highest BCUT2D eigenvalue weighted by Crippen LogP contribution is 2.38. The van der Waals surface area contributed by atoms with E-state index in [1.54, 1.807) is 0 Å². The second-order valence-electron chi connectivity index (χ2n) is 26.8. The van der Waals surface area contributed by atoms with Gasteiger partial charge < -0.3 is 46.6 Å². The zero-order chi connectivity index (χ0) is 59.6. The molecule has 11 nitrogen and oxygen atoms in total. The van der Waals surface area contributed by atoms with Gasteiger partial charge in [-0.25, -0.2) is 0 Å². The minimum Gasteiger partial charge on any atom is -0.369 e. The van der Waals surface area contributed by atoms with Crippen molar-refractivity contribution in [1.82, 2.24) is 51.5 Å². The average Bonchev–Trinajstić information content (AvgIpc) is 4.05. The molecule has 1 aromatic carbocycles. The van der Waals surface area contributed by atoms with Gasteiger partial charge in [0.05, 0.1) is 17.1 Å². The smallest absolute Gasteiger partial charge is 0.369 e. The number of benzene rings is 1. The normalized spacial score (nSPS) is 30.0. The second-order valence-corrected chi connectivity index (χ2v) is 27.2. The van der Waals surface area contributed by atoms with Crippen molar-refractivity contribution in [2.24, 2.45) is 34.6 Å². The summed E-state index contributed by atoms with van der Waals surface area (Å²) >= 11 is 6.18. The lowest BCUT2D eigenvalue weighted by molar-refractivity contribution is -0.137. The van der Waals surface area contributed by atoms with Gasteiger partial charge in [-0.3, -0.25) is 9.89 Å². The zero-order valence-corrected chi connectivity index (χ0v) is 54.2. The van der Waals surface area contributed by atoms with Crippen LogP contribution in [0.5, 0.6) is 0 Å². The van der Waals surface area contributed by atoms with Gasteiger partial charge in [-0.15, -0.1) is 0 Å². The van der Waals surface area contributed by atoms with Gasteiger partial charge in [-0.05, 0) is 132 Å². The van der Waals surface area contributed by atoms with Crippen LogP contribution in [0.25, 0.3) is 0 Å². The third kappa shape index (κ3) is 20.2. The van der Waals surface area contributed by atoms with Gasteiger partial charge in [0.2, 0.25) is 0 Å². The first-order valence-electron chi connectivity index (χ1n) is 32.7. The molecule has 2 saturated carbocycles.